The molecule has 2 saturated carbocycles. The number of esters is 4. The molecular weight excluding hydrogens is 1030 g/mol. The number of carbonyl (C=O) groups is 6. The fraction of sp³-hybridized carbons (Fsp3) is 0.508. The van der Waals surface area contributed by atoms with Crippen LogP contribution in [-0.4, -0.2) is 111 Å². The number of allylic oxidation sites excluding steroid dienone is 12. The van der Waals surface area contributed by atoms with Gasteiger partial charge in [0.1, 0.15) is 41.7 Å². The molecule has 16 heteroatoms. The molecular formula is C65H83NO15. The van der Waals surface area contributed by atoms with Gasteiger partial charge in [0.15, 0.2) is 11.4 Å². The zero-order valence-corrected chi connectivity index (χ0v) is 48.3. The lowest BCUT2D eigenvalue weighted by atomic mass is 9.44. The third-order valence-corrected chi connectivity index (χ3v) is 15.9. The molecule has 16 nitrogen and oxygen atoms in total. The standard InChI is InChI=1S/C65H83NO15/c1-10-11-12-13-14-15-16-17-18-19-20-21-22-23-24-25-26-27-34-39-50(69)78-54(52(45-35-30-28-31-36-45)66-60(74)81-61(4,5)6)59(73)77-47-41-65(75)57(79-58(72)46-37-32-29-33-38-46)55-63(9,56(71)53(70)51(43(47)2)62(65,7)8)48(68)40-49-64(55,42-76-49)80-44(3)67/h11-12,14-15,17-18,20-21,23-24,26-33,35-38,47-49,52-55,57,68,70,75H,10,13,16,19,22,25,34,39-42H2,1-9H3,(H,66,74)/b12-11-,15-14-,18-17-,21-20-,24-23-,27-26-/t47?,48-,49+,52-,53+,54?,55-,57-,63+,64-,65+/m0/s1. The van der Waals surface area contributed by atoms with Gasteiger partial charge >= 0.3 is 30.0 Å². The number of carbonyl (C=O) groups excluding carboxylic acids is 6. The highest BCUT2D eigenvalue weighted by atomic mass is 16.6. The summed E-state index contributed by atoms with van der Waals surface area (Å²) in [5.41, 5.74) is -8.49. The van der Waals surface area contributed by atoms with Crippen LogP contribution >= 0.6 is 0 Å². The van der Waals surface area contributed by atoms with Crippen molar-refractivity contribution in [2.45, 2.75) is 186 Å². The molecule has 81 heavy (non-hydrogen) atoms. The van der Waals surface area contributed by atoms with Gasteiger partial charge in [0.25, 0.3) is 0 Å². The van der Waals surface area contributed by atoms with Gasteiger partial charge in [0.2, 0.25) is 6.10 Å². The number of hydrogen-bond donors (Lipinski definition) is 4. The van der Waals surface area contributed by atoms with Crippen molar-refractivity contribution in [3.05, 3.63) is 156 Å². The topological polar surface area (TPSA) is 231 Å². The van der Waals surface area contributed by atoms with E-state index in [2.05, 4.69) is 66.9 Å². The zero-order chi connectivity index (χ0) is 59.2. The lowest BCUT2D eigenvalue weighted by molar-refractivity contribution is -0.346. The van der Waals surface area contributed by atoms with Crippen molar-refractivity contribution in [3.8, 4) is 0 Å². The highest BCUT2D eigenvalue weighted by Crippen LogP contribution is 2.64. The SMILES string of the molecule is CC/C=C\C/C=C\C/C=C\C/C=C\C/C=C\C/C=C\CCC(=O)OC(C(=O)OC1C[C@@]2(O)[C@@H](OC(=O)c3ccccc3)[C@@H]3[C@]4(OC(C)=O)CO[C@@H]4C[C@H](O)[C@@]3(C)C(=O)[C@H](O)C(=C1C)C2(C)C)[C@@H](NC(=O)OC(C)(C)C)c1ccccc1. The second kappa shape index (κ2) is 27.8. The second-order valence-corrected chi connectivity index (χ2v) is 23.0. The third-order valence-electron chi connectivity index (χ3n) is 15.9. The number of ether oxygens (including phenoxy) is 6. The fourth-order valence-corrected chi connectivity index (χ4v) is 11.7. The van der Waals surface area contributed by atoms with Crippen molar-refractivity contribution < 1.29 is 72.5 Å². The van der Waals surface area contributed by atoms with Gasteiger partial charge in [-0.15, -0.1) is 0 Å². The average molecular weight is 1120 g/mol. The number of nitrogens with one attached hydrogen (secondary N) is 1. The monoisotopic (exact) mass is 1120 g/mol. The second-order valence-electron chi connectivity index (χ2n) is 23.0. The lowest BCUT2D eigenvalue weighted by Crippen LogP contribution is -2.81. The van der Waals surface area contributed by atoms with Crippen molar-refractivity contribution in [1.29, 1.82) is 0 Å². The van der Waals surface area contributed by atoms with Crippen molar-refractivity contribution in [3.63, 3.8) is 0 Å². The predicted octanol–water partition coefficient (Wildman–Crippen LogP) is 10.3. The molecule has 0 aromatic heterocycles. The molecule has 3 fully saturated rings. The smallest absolute Gasteiger partial charge is 0.408 e. The molecule has 0 radical (unpaired) electrons. The van der Waals surface area contributed by atoms with Crippen LogP contribution in [0.2, 0.25) is 0 Å². The summed E-state index contributed by atoms with van der Waals surface area (Å²) in [6.45, 7) is 14.0. The minimum Gasteiger partial charge on any atom is -0.455 e. The molecule has 2 bridgehead atoms. The Kier molecular flexibility index (Phi) is 21.8. The van der Waals surface area contributed by atoms with Gasteiger partial charge in [0.05, 0.1) is 29.6 Å². The van der Waals surface area contributed by atoms with Crippen molar-refractivity contribution in [1.82, 2.24) is 5.32 Å². The molecule has 4 N–H and O–H groups in total. The Balaban J connectivity index is 1.30. The maximum Gasteiger partial charge on any atom is 0.408 e. The number of benzene rings is 2. The van der Waals surface area contributed by atoms with Crippen LogP contribution in [0.1, 0.15) is 148 Å². The van der Waals surface area contributed by atoms with E-state index in [1.165, 1.54) is 26.0 Å². The molecule has 3 aliphatic carbocycles. The van der Waals surface area contributed by atoms with Gasteiger partial charge in [0, 0.05) is 31.6 Å². The molecule has 11 atom stereocenters. The van der Waals surface area contributed by atoms with Crippen LogP contribution in [0.3, 0.4) is 0 Å². The minimum atomic E-state index is -2.42. The van der Waals surface area contributed by atoms with Gasteiger partial charge in [-0.25, -0.2) is 14.4 Å². The molecule has 1 saturated heterocycles. The Morgan fingerprint density at radius 1 is 0.790 bits per heavy atom. The van der Waals surface area contributed by atoms with Crippen molar-refractivity contribution >= 4 is 35.8 Å². The Morgan fingerprint density at radius 2 is 1.33 bits per heavy atom. The molecule has 2 unspecified atom stereocenters. The molecule has 2 aromatic carbocycles. The summed E-state index contributed by atoms with van der Waals surface area (Å²) in [6.07, 6.45) is 18.4. The molecule has 6 rings (SSSR count). The first-order valence-electron chi connectivity index (χ1n) is 28.2. The van der Waals surface area contributed by atoms with E-state index in [4.69, 9.17) is 28.4 Å². The van der Waals surface area contributed by atoms with Crippen molar-refractivity contribution in [2.75, 3.05) is 6.61 Å². The van der Waals surface area contributed by atoms with Gasteiger partial charge in [-0.3, -0.25) is 14.4 Å². The molecule has 1 amide bonds. The maximum atomic E-state index is 15.3. The molecule has 438 valence electrons. The highest BCUT2D eigenvalue weighted by molar-refractivity contribution is 5.94. The number of alkyl carbamates (subject to hydrolysis) is 1. The minimum absolute atomic E-state index is 0.0639. The van der Waals surface area contributed by atoms with Crippen LogP contribution in [0.5, 0.6) is 0 Å². The Morgan fingerprint density at radius 3 is 1.85 bits per heavy atom. The third kappa shape index (κ3) is 14.9. The first-order chi connectivity index (χ1) is 38.4. The predicted molar refractivity (Wildman–Crippen MR) is 305 cm³/mol. The van der Waals surface area contributed by atoms with Gasteiger partial charge in [-0.05, 0) is 108 Å². The van der Waals surface area contributed by atoms with Crippen molar-refractivity contribution in [2.24, 2.45) is 16.7 Å². The van der Waals surface area contributed by atoms with Crippen LogP contribution in [-0.2, 0) is 47.6 Å². The van der Waals surface area contributed by atoms with E-state index in [0.717, 1.165) is 39.0 Å². The number of hydrogen-bond acceptors (Lipinski definition) is 15. The first kappa shape index (κ1) is 63.5. The van der Waals surface area contributed by atoms with E-state index < -0.39 is 118 Å². The summed E-state index contributed by atoms with van der Waals surface area (Å²) in [5, 5.41) is 41.1. The first-order valence-corrected chi connectivity index (χ1v) is 28.2. The van der Waals surface area contributed by atoms with E-state index in [1.54, 1.807) is 83.1 Å². The summed E-state index contributed by atoms with van der Waals surface area (Å²) >= 11 is 0. The fourth-order valence-electron chi connectivity index (χ4n) is 11.7. The van der Waals surface area contributed by atoms with Gasteiger partial charge in [-0.2, -0.15) is 0 Å². The molecule has 1 heterocycles. The van der Waals surface area contributed by atoms with E-state index >= 15 is 9.59 Å². The number of aliphatic hydroxyl groups is 3. The highest BCUT2D eigenvalue weighted by Gasteiger charge is 2.78. The van der Waals surface area contributed by atoms with Crippen LogP contribution in [0.4, 0.5) is 4.79 Å². The Labute approximate surface area is 477 Å². The number of ketones is 1. The van der Waals surface area contributed by atoms with E-state index in [1.807, 2.05) is 18.2 Å². The van der Waals surface area contributed by atoms with Crippen LogP contribution < -0.4 is 5.32 Å². The van der Waals surface area contributed by atoms with Crippen LogP contribution in [0.15, 0.2) is 145 Å². The normalized spacial score (nSPS) is 28.0. The number of Topliss-reactive ketones (excluding diaryl/α,β-unsaturated/α-hetero) is 1. The summed E-state index contributed by atoms with van der Waals surface area (Å²) in [4.78, 5) is 85.6. The Hall–Kier alpha value is -6.72. The summed E-state index contributed by atoms with van der Waals surface area (Å²) < 4.78 is 36.5. The molecule has 1 aliphatic heterocycles. The number of amides is 1. The molecule has 2 aromatic rings. The Bertz CT molecular complexity index is 2750. The largest absolute Gasteiger partial charge is 0.455 e. The average Bonchev–Trinajstić information content (AvgIpc) is 1.14. The lowest BCUT2D eigenvalue weighted by Gasteiger charge is -2.67. The number of aliphatic hydroxyl groups excluding tert-OH is 2. The van der Waals surface area contributed by atoms with Crippen LogP contribution in [0.25, 0.3) is 0 Å². The van der Waals surface area contributed by atoms with Gasteiger partial charge in [-0.1, -0.05) is 142 Å². The summed E-state index contributed by atoms with van der Waals surface area (Å²) in [7, 11) is 0. The van der Waals surface area contributed by atoms with Crippen LogP contribution in [0, 0.1) is 16.7 Å². The molecule has 0 spiro atoms. The summed E-state index contributed by atoms with van der Waals surface area (Å²) in [6, 6.07) is 14.7. The van der Waals surface area contributed by atoms with E-state index in [9.17, 15) is 34.5 Å². The number of fused-ring (bicyclic) bond motifs is 5. The summed E-state index contributed by atoms with van der Waals surface area (Å²) in [5.74, 6) is -6.23. The van der Waals surface area contributed by atoms with E-state index in [-0.39, 0.29) is 42.6 Å². The quantitative estimate of drug-likeness (QED) is 0.0461. The van der Waals surface area contributed by atoms with E-state index in [0.29, 0.717) is 12.0 Å². The number of rotatable bonds is 23. The van der Waals surface area contributed by atoms with Gasteiger partial charge < -0.3 is 49.1 Å². The molecule has 4 aliphatic rings. The maximum absolute atomic E-state index is 15.3. The zero-order valence-electron chi connectivity index (χ0n) is 48.3.